The summed E-state index contributed by atoms with van der Waals surface area (Å²) in [5.74, 6) is 0. The van der Waals surface area contributed by atoms with E-state index in [1.807, 2.05) is 6.92 Å². The molecule has 0 heterocycles. The van der Waals surface area contributed by atoms with Crippen molar-refractivity contribution in [1.29, 1.82) is 0 Å². The first kappa shape index (κ1) is 22.1. The Balaban J connectivity index is 2.96. The predicted molar refractivity (Wildman–Crippen MR) is 84.6 cm³/mol. The van der Waals surface area contributed by atoms with Crippen LogP contribution in [0.25, 0.3) is 10.4 Å². The minimum Gasteiger partial charge on any atom is -0.379 e. The zero-order valence-corrected chi connectivity index (χ0v) is 14.0. The number of rotatable bonds is 19. The van der Waals surface area contributed by atoms with Crippen molar-refractivity contribution in [2.75, 3.05) is 85.8 Å². The molecule has 0 unspecified atom stereocenters. The Labute approximate surface area is 137 Å². The van der Waals surface area contributed by atoms with Crippen LogP contribution in [0.2, 0.25) is 0 Å². The van der Waals surface area contributed by atoms with Gasteiger partial charge in [-0.15, -0.1) is 0 Å². The summed E-state index contributed by atoms with van der Waals surface area (Å²) in [6.45, 7) is 8.85. The molecule has 0 bridgehead atoms. The lowest BCUT2D eigenvalue weighted by Gasteiger charge is -2.07. The first-order valence-electron chi connectivity index (χ1n) is 7.89. The largest absolute Gasteiger partial charge is 0.379 e. The van der Waals surface area contributed by atoms with Gasteiger partial charge in [-0.1, -0.05) is 5.11 Å². The summed E-state index contributed by atoms with van der Waals surface area (Å²) < 4.78 is 31.6. The van der Waals surface area contributed by atoms with Gasteiger partial charge in [-0.2, -0.15) is 0 Å². The predicted octanol–water partition coefficient (Wildman–Crippen LogP) is 1.42. The molecule has 136 valence electrons. The first-order chi connectivity index (χ1) is 11.4. The highest BCUT2D eigenvalue weighted by Gasteiger charge is 1.93. The summed E-state index contributed by atoms with van der Waals surface area (Å²) >= 11 is 0. The van der Waals surface area contributed by atoms with Gasteiger partial charge < -0.3 is 28.4 Å². The minimum atomic E-state index is 0.344. The lowest BCUT2D eigenvalue weighted by molar-refractivity contribution is -0.0158. The van der Waals surface area contributed by atoms with Gasteiger partial charge in [0.2, 0.25) is 0 Å². The van der Waals surface area contributed by atoms with Gasteiger partial charge in [-0.25, -0.2) is 0 Å². The van der Waals surface area contributed by atoms with E-state index in [4.69, 9.17) is 34.0 Å². The fourth-order valence-corrected chi connectivity index (χ4v) is 1.39. The molecule has 0 atom stereocenters. The molecule has 0 aromatic heterocycles. The van der Waals surface area contributed by atoms with Crippen molar-refractivity contribution in [3.8, 4) is 0 Å². The van der Waals surface area contributed by atoms with Crippen molar-refractivity contribution in [2.24, 2.45) is 5.11 Å². The Hall–Kier alpha value is -0.930. The molecule has 0 aliphatic rings. The standard InChI is InChI=1S/C14H29N3O6/c1-2-18-5-6-20-9-10-22-13-14-23-12-11-21-8-7-19-4-3-16-17-15/h2-14H2,1H3. The van der Waals surface area contributed by atoms with Crippen LogP contribution in [0.15, 0.2) is 5.11 Å². The average Bonchev–Trinajstić information content (AvgIpc) is 2.57. The fraction of sp³-hybridized carbons (Fsp3) is 1.00. The van der Waals surface area contributed by atoms with E-state index in [2.05, 4.69) is 10.0 Å². The Morgan fingerprint density at radius 1 is 0.609 bits per heavy atom. The van der Waals surface area contributed by atoms with E-state index in [9.17, 15) is 0 Å². The van der Waals surface area contributed by atoms with Crippen LogP contribution in [0, 0.1) is 0 Å². The maximum atomic E-state index is 8.05. The van der Waals surface area contributed by atoms with Crippen molar-refractivity contribution in [3.63, 3.8) is 0 Å². The number of azide groups is 1. The second-order valence-corrected chi connectivity index (χ2v) is 4.21. The van der Waals surface area contributed by atoms with Gasteiger partial charge >= 0.3 is 0 Å². The van der Waals surface area contributed by atoms with Crippen LogP contribution in [0.5, 0.6) is 0 Å². The molecule has 9 nitrogen and oxygen atoms in total. The summed E-state index contributed by atoms with van der Waals surface area (Å²) in [7, 11) is 0. The summed E-state index contributed by atoms with van der Waals surface area (Å²) in [6.07, 6.45) is 0. The molecular formula is C14H29N3O6. The van der Waals surface area contributed by atoms with Crippen LogP contribution >= 0.6 is 0 Å². The van der Waals surface area contributed by atoms with Gasteiger partial charge in [-0.05, 0) is 12.5 Å². The van der Waals surface area contributed by atoms with Crippen LogP contribution in [0.3, 0.4) is 0 Å². The van der Waals surface area contributed by atoms with E-state index in [1.54, 1.807) is 0 Å². The topological polar surface area (TPSA) is 104 Å². The maximum absolute atomic E-state index is 8.05. The molecule has 0 radical (unpaired) electrons. The second-order valence-electron chi connectivity index (χ2n) is 4.21. The third-order valence-corrected chi connectivity index (χ3v) is 2.46. The molecule has 0 aromatic rings. The van der Waals surface area contributed by atoms with Crippen molar-refractivity contribution < 1.29 is 28.4 Å². The first-order valence-corrected chi connectivity index (χ1v) is 7.89. The monoisotopic (exact) mass is 335 g/mol. The number of ether oxygens (including phenoxy) is 6. The zero-order valence-electron chi connectivity index (χ0n) is 14.0. The average molecular weight is 335 g/mol. The quantitative estimate of drug-likeness (QED) is 0.153. The fourth-order valence-electron chi connectivity index (χ4n) is 1.39. The van der Waals surface area contributed by atoms with Crippen LogP contribution in [0.1, 0.15) is 6.92 Å². The summed E-state index contributed by atoms with van der Waals surface area (Å²) in [4.78, 5) is 2.62. The highest BCUT2D eigenvalue weighted by atomic mass is 16.6. The van der Waals surface area contributed by atoms with Gasteiger partial charge in [0.1, 0.15) is 0 Å². The molecule has 0 N–H and O–H groups in total. The van der Waals surface area contributed by atoms with Gasteiger partial charge in [-0.3, -0.25) is 0 Å². The maximum Gasteiger partial charge on any atom is 0.0701 e. The molecule has 23 heavy (non-hydrogen) atoms. The third kappa shape index (κ3) is 21.1. The van der Waals surface area contributed by atoms with Crippen molar-refractivity contribution >= 4 is 0 Å². The Morgan fingerprint density at radius 2 is 0.957 bits per heavy atom. The van der Waals surface area contributed by atoms with Gasteiger partial charge in [0.25, 0.3) is 0 Å². The molecule has 0 rings (SSSR count). The van der Waals surface area contributed by atoms with Crippen LogP contribution in [-0.2, 0) is 28.4 Å². The molecule has 0 saturated carbocycles. The van der Waals surface area contributed by atoms with Gasteiger partial charge in [0.05, 0.1) is 72.7 Å². The van der Waals surface area contributed by atoms with E-state index < -0.39 is 0 Å². The molecule has 0 saturated heterocycles. The molecule has 0 aliphatic carbocycles. The SMILES string of the molecule is CCOCCOCCOCCOCCOCCOCCN=[N+]=[N-]. The van der Waals surface area contributed by atoms with E-state index >= 15 is 0 Å². The van der Waals surface area contributed by atoms with Crippen molar-refractivity contribution in [1.82, 2.24) is 0 Å². The molecule has 0 spiro atoms. The van der Waals surface area contributed by atoms with Crippen LogP contribution in [-0.4, -0.2) is 85.8 Å². The lowest BCUT2D eigenvalue weighted by Crippen LogP contribution is -2.14. The Bertz CT molecular complexity index is 277. The highest BCUT2D eigenvalue weighted by molar-refractivity contribution is 4.44. The highest BCUT2D eigenvalue weighted by Crippen LogP contribution is 1.84. The van der Waals surface area contributed by atoms with Crippen molar-refractivity contribution in [3.05, 3.63) is 10.4 Å². The molecule has 0 amide bonds. The van der Waals surface area contributed by atoms with Crippen LogP contribution in [0.4, 0.5) is 0 Å². The molecule has 9 heteroatoms. The van der Waals surface area contributed by atoms with E-state index in [0.717, 1.165) is 0 Å². The van der Waals surface area contributed by atoms with E-state index in [-0.39, 0.29) is 0 Å². The van der Waals surface area contributed by atoms with Crippen LogP contribution < -0.4 is 0 Å². The normalized spacial score (nSPS) is 10.7. The molecule has 0 aromatic carbocycles. The summed E-state index contributed by atoms with van der Waals surface area (Å²) in [5, 5.41) is 3.35. The zero-order chi connectivity index (χ0) is 16.8. The smallest absolute Gasteiger partial charge is 0.0701 e. The third-order valence-electron chi connectivity index (χ3n) is 2.46. The Morgan fingerprint density at radius 3 is 1.30 bits per heavy atom. The van der Waals surface area contributed by atoms with E-state index in [0.29, 0.717) is 85.8 Å². The number of hydrogen-bond acceptors (Lipinski definition) is 7. The molecule has 0 fully saturated rings. The molecule has 0 aliphatic heterocycles. The van der Waals surface area contributed by atoms with Crippen molar-refractivity contribution in [2.45, 2.75) is 6.92 Å². The van der Waals surface area contributed by atoms with Gasteiger partial charge in [0, 0.05) is 18.1 Å². The number of nitrogens with zero attached hydrogens (tertiary/aromatic N) is 3. The summed E-state index contributed by atoms with van der Waals surface area (Å²) in [5.41, 5.74) is 8.05. The minimum absolute atomic E-state index is 0.344. The van der Waals surface area contributed by atoms with Gasteiger partial charge in [0.15, 0.2) is 0 Å². The lowest BCUT2D eigenvalue weighted by atomic mass is 10.6. The summed E-state index contributed by atoms with van der Waals surface area (Å²) in [6, 6.07) is 0. The molecular weight excluding hydrogens is 306 g/mol. The van der Waals surface area contributed by atoms with E-state index in [1.165, 1.54) is 0 Å². The Kier molecular flexibility index (Phi) is 20.2. The second kappa shape index (κ2) is 21.1. The number of hydrogen-bond donors (Lipinski definition) is 0.